The van der Waals surface area contributed by atoms with Gasteiger partial charge in [0.1, 0.15) is 0 Å². The molecule has 130 valence electrons. The fourth-order valence-electron chi connectivity index (χ4n) is 4.61. The van der Waals surface area contributed by atoms with E-state index in [1.165, 1.54) is 6.42 Å². The van der Waals surface area contributed by atoms with Crippen LogP contribution in [-0.4, -0.2) is 53.8 Å². The number of amides is 2. The lowest BCUT2D eigenvalue weighted by Gasteiger charge is -2.35. The predicted octanol–water partition coefficient (Wildman–Crippen LogP) is 1.47. The van der Waals surface area contributed by atoms with Gasteiger partial charge < -0.3 is 15.5 Å². The first-order chi connectivity index (χ1) is 11.0. The lowest BCUT2D eigenvalue weighted by atomic mass is 9.95. The number of hydrogen-bond donors (Lipinski definition) is 1. The smallest absolute Gasteiger partial charge is 0.227 e. The molecule has 0 radical (unpaired) electrons. The summed E-state index contributed by atoms with van der Waals surface area (Å²) in [5, 5.41) is 0. The SMILES string of the molecule is CCC(C)C(=O)N1CCCC(C(=O)N2CC3CCC(N)C3C2)C1. The molecule has 1 aliphatic carbocycles. The van der Waals surface area contributed by atoms with Gasteiger partial charge in [-0.3, -0.25) is 9.59 Å². The summed E-state index contributed by atoms with van der Waals surface area (Å²) in [6.07, 6.45) is 5.00. The Kier molecular flexibility index (Phi) is 4.95. The fraction of sp³-hybridized carbons (Fsp3) is 0.889. The molecule has 23 heavy (non-hydrogen) atoms. The van der Waals surface area contributed by atoms with Crippen molar-refractivity contribution in [3.63, 3.8) is 0 Å². The molecule has 3 fully saturated rings. The van der Waals surface area contributed by atoms with Gasteiger partial charge >= 0.3 is 0 Å². The van der Waals surface area contributed by atoms with Gasteiger partial charge in [0, 0.05) is 38.1 Å². The first-order valence-corrected chi connectivity index (χ1v) is 9.34. The second kappa shape index (κ2) is 6.80. The van der Waals surface area contributed by atoms with Crippen LogP contribution in [0.25, 0.3) is 0 Å². The Morgan fingerprint density at radius 3 is 2.61 bits per heavy atom. The third-order valence-electron chi connectivity index (χ3n) is 6.34. The van der Waals surface area contributed by atoms with Crippen LogP contribution < -0.4 is 5.73 Å². The zero-order valence-electron chi connectivity index (χ0n) is 14.5. The molecule has 2 aliphatic heterocycles. The van der Waals surface area contributed by atoms with E-state index >= 15 is 0 Å². The third kappa shape index (κ3) is 3.25. The molecular weight excluding hydrogens is 290 g/mol. The lowest BCUT2D eigenvalue weighted by Crippen LogP contribution is -2.48. The highest BCUT2D eigenvalue weighted by Crippen LogP contribution is 2.38. The number of carbonyl (C=O) groups is 2. The number of fused-ring (bicyclic) bond motifs is 1. The van der Waals surface area contributed by atoms with Crippen LogP contribution in [0.5, 0.6) is 0 Å². The van der Waals surface area contributed by atoms with Gasteiger partial charge in [0.05, 0.1) is 5.92 Å². The number of nitrogens with zero attached hydrogens (tertiary/aromatic N) is 2. The van der Waals surface area contributed by atoms with Gasteiger partial charge in [-0.15, -0.1) is 0 Å². The largest absolute Gasteiger partial charge is 0.342 e. The summed E-state index contributed by atoms with van der Waals surface area (Å²) in [5.74, 6) is 1.63. The zero-order chi connectivity index (χ0) is 16.6. The van der Waals surface area contributed by atoms with Crippen molar-refractivity contribution in [3.8, 4) is 0 Å². The van der Waals surface area contributed by atoms with E-state index in [2.05, 4.69) is 0 Å². The number of hydrogen-bond acceptors (Lipinski definition) is 3. The van der Waals surface area contributed by atoms with E-state index in [0.717, 1.165) is 45.3 Å². The van der Waals surface area contributed by atoms with Crippen LogP contribution >= 0.6 is 0 Å². The molecule has 0 spiro atoms. The Hall–Kier alpha value is -1.10. The topological polar surface area (TPSA) is 66.6 Å². The molecule has 2 N–H and O–H groups in total. The minimum atomic E-state index is -0.00759. The van der Waals surface area contributed by atoms with Gasteiger partial charge in [-0.05, 0) is 43.9 Å². The van der Waals surface area contributed by atoms with Crippen molar-refractivity contribution in [3.05, 3.63) is 0 Å². The van der Waals surface area contributed by atoms with E-state index in [9.17, 15) is 9.59 Å². The van der Waals surface area contributed by atoms with Crippen LogP contribution in [0, 0.1) is 23.7 Å². The first kappa shape index (κ1) is 16.7. The van der Waals surface area contributed by atoms with E-state index in [4.69, 9.17) is 5.73 Å². The minimum absolute atomic E-state index is 0.00759. The van der Waals surface area contributed by atoms with Crippen LogP contribution in [0.15, 0.2) is 0 Å². The second-order valence-electron chi connectivity index (χ2n) is 7.84. The van der Waals surface area contributed by atoms with Gasteiger partial charge in [-0.1, -0.05) is 13.8 Å². The minimum Gasteiger partial charge on any atom is -0.342 e. The molecule has 2 saturated heterocycles. The number of piperidine rings is 1. The molecule has 3 aliphatic rings. The molecule has 0 aromatic carbocycles. The summed E-state index contributed by atoms with van der Waals surface area (Å²) >= 11 is 0. The summed E-state index contributed by atoms with van der Waals surface area (Å²) in [6.45, 7) is 7.16. The molecule has 5 unspecified atom stereocenters. The number of rotatable bonds is 3. The van der Waals surface area contributed by atoms with Gasteiger partial charge in [0.15, 0.2) is 0 Å². The van der Waals surface area contributed by atoms with Gasteiger partial charge in [0.25, 0.3) is 0 Å². The second-order valence-corrected chi connectivity index (χ2v) is 7.84. The van der Waals surface area contributed by atoms with Gasteiger partial charge in [0.2, 0.25) is 11.8 Å². The Morgan fingerprint density at radius 2 is 1.91 bits per heavy atom. The average Bonchev–Trinajstić information content (AvgIpc) is 3.15. The summed E-state index contributed by atoms with van der Waals surface area (Å²) in [7, 11) is 0. The number of carbonyl (C=O) groups excluding carboxylic acids is 2. The Labute approximate surface area is 139 Å². The van der Waals surface area contributed by atoms with Crippen LogP contribution in [-0.2, 0) is 9.59 Å². The maximum Gasteiger partial charge on any atom is 0.227 e. The van der Waals surface area contributed by atoms with Crippen molar-refractivity contribution in [1.29, 1.82) is 0 Å². The van der Waals surface area contributed by atoms with Crippen molar-refractivity contribution < 1.29 is 9.59 Å². The van der Waals surface area contributed by atoms with Crippen LogP contribution in [0.1, 0.15) is 46.0 Å². The van der Waals surface area contributed by atoms with Crippen molar-refractivity contribution in [2.24, 2.45) is 29.4 Å². The third-order valence-corrected chi connectivity index (χ3v) is 6.34. The van der Waals surface area contributed by atoms with Crippen LogP contribution in [0.3, 0.4) is 0 Å². The number of nitrogens with two attached hydrogens (primary N) is 1. The molecule has 1 saturated carbocycles. The van der Waals surface area contributed by atoms with E-state index in [1.54, 1.807) is 0 Å². The Morgan fingerprint density at radius 1 is 1.13 bits per heavy atom. The predicted molar refractivity (Wildman–Crippen MR) is 89.5 cm³/mol. The highest BCUT2D eigenvalue weighted by atomic mass is 16.2. The standard InChI is InChI=1S/C18H31N3O2/c1-3-12(2)17(22)20-8-4-5-14(10-20)18(23)21-9-13-6-7-16(19)15(13)11-21/h12-16H,3-11,19H2,1-2H3. The zero-order valence-corrected chi connectivity index (χ0v) is 14.5. The fourth-order valence-corrected chi connectivity index (χ4v) is 4.61. The number of likely N-dealkylation sites (tertiary alicyclic amines) is 2. The van der Waals surface area contributed by atoms with Gasteiger partial charge in [-0.25, -0.2) is 0 Å². The first-order valence-electron chi connectivity index (χ1n) is 9.34. The molecule has 2 amide bonds. The molecule has 5 nitrogen and oxygen atoms in total. The van der Waals surface area contributed by atoms with Crippen LogP contribution in [0.2, 0.25) is 0 Å². The average molecular weight is 321 g/mol. The van der Waals surface area contributed by atoms with Crippen molar-refractivity contribution in [2.75, 3.05) is 26.2 Å². The molecule has 3 rings (SSSR count). The summed E-state index contributed by atoms with van der Waals surface area (Å²) in [5.41, 5.74) is 6.18. The van der Waals surface area contributed by atoms with E-state index in [0.29, 0.717) is 18.4 Å². The highest BCUT2D eigenvalue weighted by Gasteiger charge is 2.44. The molecule has 5 heteroatoms. The summed E-state index contributed by atoms with van der Waals surface area (Å²) in [6, 6.07) is 0.271. The van der Waals surface area contributed by atoms with Crippen molar-refractivity contribution in [1.82, 2.24) is 9.80 Å². The summed E-state index contributed by atoms with van der Waals surface area (Å²) < 4.78 is 0. The lowest BCUT2D eigenvalue weighted by molar-refractivity contribution is -0.142. The maximum atomic E-state index is 12.9. The van der Waals surface area contributed by atoms with Crippen molar-refractivity contribution >= 4 is 11.8 Å². The van der Waals surface area contributed by atoms with Crippen molar-refractivity contribution in [2.45, 2.75) is 52.0 Å². The molecule has 0 aromatic rings. The molecular formula is C18H31N3O2. The van der Waals surface area contributed by atoms with E-state index in [-0.39, 0.29) is 29.7 Å². The highest BCUT2D eigenvalue weighted by molar-refractivity contribution is 5.82. The normalized spacial score (nSPS) is 35.3. The monoisotopic (exact) mass is 321 g/mol. The molecule has 0 bridgehead atoms. The van der Waals surface area contributed by atoms with E-state index < -0.39 is 0 Å². The van der Waals surface area contributed by atoms with E-state index in [1.807, 2.05) is 23.6 Å². The molecule has 5 atom stereocenters. The maximum absolute atomic E-state index is 12.9. The Bertz CT molecular complexity index is 467. The quantitative estimate of drug-likeness (QED) is 0.856. The Balaban J connectivity index is 1.58. The van der Waals surface area contributed by atoms with Crippen LogP contribution in [0.4, 0.5) is 0 Å². The van der Waals surface area contributed by atoms with Gasteiger partial charge in [-0.2, -0.15) is 0 Å². The molecule has 2 heterocycles. The summed E-state index contributed by atoms with van der Waals surface area (Å²) in [4.78, 5) is 29.3. The molecule has 0 aromatic heterocycles.